The van der Waals surface area contributed by atoms with Crippen LogP contribution in [0.2, 0.25) is 0 Å². The van der Waals surface area contributed by atoms with Crippen LogP contribution in [0.25, 0.3) is 0 Å². The van der Waals surface area contributed by atoms with Crippen LogP contribution < -0.4 is 11.3 Å². The molecule has 0 radical (unpaired) electrons. The molecule has 1 rings (SSSR count). The van der Waals surface area contributed by atoms with Crippen LogP contribution in [-0.2, 0) is 9.53 Å². The number of hydrogen-bond acceptors (Lipinski definition) is 5. The summed E-state index contributed by atoms with van der Waals surface area (Å²) < 4.78 is 5.32. The first-order chi connectivity index (χ1) is 7.17. The Hall–Kier alpha value is -0.690. The Morgan fingerprint density at radius 3 is 3.13 bits per heavy atom. The largest absolute Gasteiger partial charge is 0.394 e. The van der Waals surface area contributed by atoms with E-state index in [9.17, 15) is 4.79 Å². The molecule has 1 aliphatic heterocycles. The molecule has 0 aromatic heterocycles. The number of aliphatic hydroxyl groups is 1. The lowest BCUT2D eigenvalue weighted by Gasteiger charge is -2.35. The first-order valence-corrected chi connectivity index (χ1v) is 5.13. The summed E-state index contributed by atoms with van der Waals surface area (Å²) in [4.78, 5) is 13.2. The van der Waals surface area contributed by atoms with Gasteiger partial charge >= 0.3 is 0 Å². The van der Waals surface area contributed by atoms with Crippen molar-refractivity contribution in [3.63, 3.8) is 0 Å². The van der Waals surface area contributed by atoms with Gasteiger partial charge in [0.05, 0.1) is 19.3 Å². The fourth-order valence-corrected chi connectivity index (χ4v) is 1.71. The van der Waals surface area contributed by atoms with Gasteiger partial charge in [-0.2, -0.15) is 0 Å². The van der Waals surface area contributed by atoms with E-state index in [1.807, 2.05) is 6.92 Å². The summed E-state index contributed by atoms with van der Waals surface area (Å²) in [6.45, 7) is 4.03. The van der Waals surface area contributed by atoms with Gasteiger partial charge in [-0.1, -0.05) is 0 Å². The topological polar surface area (TPSA) is 87.8 Å². The molecule has 88 valence electrons. The molecule has 1 saturated heterocycles. The summed E-state index contributed by atoms with van der Waals surface area (Å²) in [5, 5.41) is 8.97. The molecule has 0 saturated carbocycles. The van der Waals surface area contributed by atoms with Crippen molar-refractivity contribution in [1.29, 1.82) is 0 Å². The number of nitrogens with two attached hydrogens (primary N) is 1. The minimum absolute atomic E-state index is 0.0201. The first kappa shape index (κ1) is 12.4. The highest BCUT2D eigenvalue weighted by Gasteiger charge is 2.24. The van der Waals surface area contributed by atoms with Crippen molar-refractivity contribution in [2.75, 3.05) is 26.3 Å². The summed E-state index contributed by atoms with van der Waals surface area (Å²) in [5.74, 6) is 4.85. The summed E-state index contributed by atoms with van der Waals surface area (Å²) in [5.41, 5.74) is 2.11. The second-order valence-corrected chi connectivity index (χ2v) is 3.79. The van der Waals surface area contributed by atoms with Crippen molar-refractivity contribution in [1.82, 2.24) is 10.3 Å². The van der Waals surface area contributed by atoms with E-state index in [1.165, 1.54) is 0 Å². The predicted octanol–water partition coefficient (Wildman–Crippen LogP) is -1.55. The molecular weight excluding hydrogens is 198 g/mol. The van der Waals surface area contributed by atoms with Crippen LogP contribution in [0.5, 0.6) is 0 Å². The van der Waals surface area contributed by atoms with Gasteiger partial charge in [-0.3, -0.25) is 15.1 Å². The van der Waals surface area contributed by atoms with E-state index >= 15 is 0 Å². The zero-order chi connectivity index (χ0) is 11.3. The summed E-state index contributed by atoms with van der Waals surface area (Å²) in [6.07, 6.45) is 0.233. The maximum atomic E-state index is 11.1. The Bertz CT molecular complexity index is 213. The van der Waals surface area contributed by atoms with E-state index < -0.39 is 0 Å². The van der Waals surface area contributed by atoms with Gasteiger partial charge in [0.25, 0.3) is 0 Å². The second kappa shape index (κ2) is 6.02. The first-order valence-electron chi connectivity index (χ1n) is 5.13. The van der Waals surface area contributed by atoms with Gasteiger partial charge in [-0.15, -0.1) is 0 Å². The number of amides is 1. The highest BCUT2D eigenvalue weighted by atomic mass is 16.5. The van der Waals surface area contributed by atoms with Gasteiger partial charge in [-0.05, 0) is 6.92 Å². The number of rotatable bonds is 4. The van der Waals surface area contributed by atoms with Gasteiger partial charge in [0.2, 0.25) is 5.91 Å². The number of hydrogen-bond donors (Lipinski definition) is 3. The minimum atomic E-state index is -0.172. The lowest BCUT2D eigenvalue weighted by Crippen LogP contribution is -2.49. The van der Waals surface area contributed by atoms with E-state index in [0.29, 0.717) is 19.6 Å². The lowest BCUT2D eigenvalue weighted by molar-refractivity contribution is -0.123. The van der Waals surface area contributed by atoms with Crippen LogP contribution in [0, 0.1) is 0 Å². The molecular formula is C9H19N3O3. The Kier molecular flexibility index (Phi) is 4.97. The third-order valence-corrected chi connectivity index (χ3v) is 2.64. The number of carbonyl (C=O) groups excluding carboxylic acids is 1. The van der Waals surface area contributed by atoms with Crippen molar-refractivity contribution < 1.29 is 14.6 Å². The molecule has 1 heterocycles. The number of carbonyl (C=O) groups is 1. The van der Waals surface area contributed by atoms with Gasteiger partial charge in [0.1, 0.15) is 0 Å². The van der Waals surface area contributed by atoms with Crippen molar-refractivity contribution in [2.24, 2.45) is 5.84 Å². The second-order valence-electron chi connectivity index (χ2n) is 3.79. The van der Waals surface area contributed by atoms with E-state index in [1.54, 1.807) is 0 Å². The van der Waals surface area contributed by atoms with Crippen LogP contribution in [0.4, 0.5) is 0 Å². The average molecular weight is 217 g/mol. The third-order valence-electron chi connectivity index (χ3n) is 2.64. The molecule has 2 unspecified atom stereocenters. The van der Waals surface area contributed by atoms with Gasteiger partial charge in [0, 0.05) is 25.6 Å². The molecule has 1 amide bonds. The average Bonchev–Trinajstić information content (AvgIpc) is 2.28. The standard InChI is InChI=1S/C9H19N3O3/c1-7(4-9(14)11-10)12-2-3-15-8(5-12)6-13/h7-8,13H,2-6,10H2,1H3,(H,11,14). The maximum absolute atomic E-state index is 11.1. The van der Waals surface area contributed by atoms with Crippen LogP contribution in [-0.4, -0.2) is 54.4 Å². The van der Waals surface area contributed by atoms with Crippen molar-refractivity contribution >= 4 is 5.91 Å². The number of nitrogens with one attached hydrogen (secondary N) is 1. The molecule has 15 heavy (non-hydrogen) atoms. The molecule has 0 aromatic rings. The molecule has 0 spiro atoms. The smallest absolute Gasteiger partial charge is 0.235 e. The molecule has 6 heteroatoms. The zero-order valence-corrected chi connectivity index (χ0v) is 8.98. The number of nitrogens with zero attached hydrogens (tertiary/aromatic N) is 1. The van der Waals surface area contributed by atoms with Gasteiger partial charge < -0.3 is 9.84 Å². The van der Waals surface area contributed by atoms with Crippen molar-refractivity contribution in [3.05, 3.63) is 0 Å². The molecule has 0 aliphatic carbocycles. The van der Waals surface area contributed by atoms with Gasteiger partial charge in [-0.25, -0.2) is 5.84 Å². The van der Waals surface area contributed by atoms with E-state index in [4.69, 9.17) is 15.7 Å². The highest BCUT2D eigenvalue weighted by molar-refractivity contribution is 5.75. The fraction of sp³-hybridized carbons (Fsp3) is 0.889. The summed E-state index contributed by atoms with van der Waals surface area (Å²) in [7, 11) is 0. The number of hydrazine groups is 1. The minimum Gasteiger partial charge on any atom is -0.394 e. The molecule has 0 bridgehead atoms. The molecule has 6 nitrogen and oxygen atoms in total. The van der Waals surface area contributed by atoms with Crippen LogP contribution in [0.1, 0.15) is 13.3 Å². The SMILES string of the molecule is CC(CC(=O)NN)N1CCOC(CO)C1. The van der Waals surface area contributed by atoms with Crippen molar-refractivity contribution in [2.45, 2.75) is 25.5 Å². The zero-order valence-electron chi connectivity index (χ0n) is 8.98. The van der Waals surface area contributed by atoms with Crippen LogP contribution in [0.3, 0.4) is 0 Å². The predicted molar refractivity (Wildman–Crippen MR) is 54.8 cm³/mol. The Labute approximate surface area is 89.3 Å². The number of morpholine rings is 1. The normalized spacial score (nSPS) is 24.9. The van der Waals surface area contributed by atoms with Crippen molar-refractivity contribution in [3.8, 4) is 0 Å². The van der Waals surface area contributed by atoms with Crippen LogP contribution >= 0.6 is 0 Å². The maximum Gasteiger partial charge on any atom is 0.235 e. The van der Waals surface area contributed by atoms with Gasteiger partial charge in [0.15, 0.2) is 0 Å². The molecule has 1 fully saturated rings. The van der Waals surface area contributed by atoms with E-state index in [0.717, 1.165) is 6.54 Å². The molecule has 0 aromatic carbocycles. The van der Waals surface area contributed by atoms with Crippen LogP contribution in [0.15, 0.2) is 0 Å². The third kappa shape index (κ3) is 3.75. The number of ether oxygens (including phenoxy) is 1. The van der Waals surface area contributed by atoms with E-state index in [-0.39, 0.29) is 24.7 Å². The Balaban J connectivity index is 2.37. The molecule has 2 atom stereocenters. The Morgan fingerprint density at radius 1 is 1.80 bits per heavy atom. The van der Waals surface area contributed by atoms with E-state index in [2.05, 4.69) is 10.3 Å². The summed E-state index contributed by atoms with van der Waals surface area (Å²) >= 11 is 0. The molecule has 1 aliphatic rings. The fourth-order valence-electron chi connectivity index (χ4n) is 1.71. The highest BCUT2D eigenvalue weighted by Crippen LogP contribution is 2.10. The number of aliphatic hydroxyl groups excluding tert-OH is 1. The quantitative estimate of drug-likeness (QED) is 0.301. The monoisotopic (exact) mass is 217 g/mol. The lowest BCUT2D eigenvalue weighted by atomic mass is 10.1. The summed E-state index contributed by atoms with van der Waals surface area (Å²) in [6, 6.07) is 0.117. The molecule has 4 N–H and O–H groups in total. The Morgan fingerprint density at radius 2 is 2.53 bits per heavy atom.